The van der Waals surface area contributed by atoms with Crippen LogP contribution in [0.2, 0.25) is 0 Å². The molecule has 1 amide bonds. The molecule has 0 radical (unpaired) electrons. The number of nitrogens with one attached hydrogen (secondary N) is 1. The fourth-order valence-electron chi connectivity index (χ4n) is 3.38. The SMILES string of the molecule is Nc1ccc(N[C@H]2CCCN(C(=O)[C@H]3CCCOC3)CC2)cn1. The largest absolute Gasteiger partial charge is 0.384 e. The number of carbonyl (C=O) groups excluding carboxylic acids is 1. The standard InChI is InChI=1S/C17H26N4O2/c18-16-6-5-15(11-19-16)20-14-4-1-8-21(9-7-14)17(22)13-3-2-10-23-12-13/h5-6,11,13-14,20H,1-4,7-10,12H2,(H2,18,19)/t13-,14-/m0/s1. The lowest BCUT2D eigenvalue weighted by Gasteiger charge is -2.28. The first-order valence-electron chi connectivity index (χ1n) is 8.57. The van der Waals surface area contributed by atoms with Gasteiger partial charge in [0.1, 0.15) is 5.82 Å². The van der Waals surface area contributed by atoms with Crippen molar-refractivity contribution in [1.29, 1.82) is 0 Å². The van der Waals surface area contributed by atoms with Gasteiger partial charge in [-0.1, -0.05) is 0 Å². The molecular weight excluding hydrogens is 292 g/mol. The highest BCUT2D eigenvalue weighted by molar-refractivity contribution is 5.79. The Labute approximate surface area is 137 Å². The summed E-state index contributed by atoms with van der Waals surface area (Å²) in [6.07, 6.45) is 6.79. The molecule has 0 unspecified atom stereocenters. The number of nitrogens with zero attached hydrogens (tertiary/aromatic N) is 2. The number of nitrogen functional groups attached to an aromatic ring is 1. The molecule has 1 aromatic rings. The molecule has 2 saturated heterocycles. The topological polar surface area (TPSA) is 80.5 Å². The molecule has 0 bridgehead atoms. The van der Waals surface area contributed by atoms with Gasteiger partial charge in [-0.25, -0.2) is 4.98 Å². The Morgan fingerprint density at radius 2 is 2.17 bits per heavy atom. The fraction of sp³-hybridized carbons (Fsp3) is 0.647. The van der Waals surface area contributed by atoms with Crippen molar-refractivity contribution in [1.82, 2.24) is 9.88 Å². The average molecular weight is 318 g/mol. The van der Waals surface area contributed by atoms with Gasteiger partial charge >= 0.3 is 0 Å². The summed E-state index contributed by atoms with van der Waals surface area (Å²) < 4.78 is 5.46. The van der Waals surface area contributed by atoms with Crippen LogP contribution in [0.15, 0.2) is 18.3 Å². The van der Waals surface area contributed by atoms with Crippen LogP contribution in [0, 0.1) is 5.92 Å². The van der Waals surface area contributed by atoms with Crippen molar-refractivity contribution in [2.75, 3.05) is 37.4 Å². The molecule has 0 saturated carbocycles. The second-order valence-corrected chi connectivity index (χ2v) is 6.48. The molecule has 0 aromatic carbocycles. The van der Waals surface area contributed by atoms with Gasteiger partial charge in [0.05, 0.1) is 24.4 Å². The number of aromatic nitrogens is 1. The van der Waals surface area contributed by atoms with E-state index in [0.717, 1.165) is 57.5 Å². The molecule has 3 N–H and O–H groups in total. The second-order valence-electron chi connectivity index (χ2n) is 6.48. The van der Waals surface area contributed by atoms with E-state index in [-0.39, 0.29) is 11.8 Å². The van der Waals surface area contributed by atoms with Crippen LogP contribution in [0.1, 0.15) is 32.1 Å². The van der Waals surface area contributed by atoms with Crippen LogP contribution in [0.25, 0.3) is 0 Å². The molecule has 2 aliphatic rings. The van der Waals surface area contributed by atoms with Crippen LogP contribution in [0.3, 0.4) is 0 Å². The summed E-state index contributed by atoms with van der Waals surface area (Å²) in [6, 6.07) is 4.13. The molecule has 0 spiro atoms. The molecular formula is C17H26N4O2. The van der Waals surface area contributed by atoms with E-state index in [4.69, 9.17) is 10.5 Å². The minimum Gasteiger partial charge on any atom is -0.384 e. The maximum Gasteiger partial charge on any atom is 0.228 e. The minimum absolute atomic E-state index is 0.0644. The van der Waals surface area contributed by atoms with E-state index < -0.39 is 0 Å². The van der Waals surface area contributed by atoms with E-state index in [1.165, 1.54) is 0 Å². The van der Waals surface area contributed by atoms with Crippen LogP contribution >= 0.6 is 0 Å². The number of hydrogen-bond acceptors (Lipinski definition) is 5. The Hall–Kier alpha value is -1.82. The number of amides is 1. The Morgan fingerprint density at radius 3 is 2.91 bits per heavy atom. The molecule has 2 aliphatic heterocycles. The summed E-state index contributed by atoms with van der Waals surface area (Å²) in [4.78, 5) is 18.7. The first-order valence-corrected chi connectivity index (χ1v) is 8.57. The lowest BCUT2D eigenvalue weighted by molar-refractivity contribution is -0.139. The molecule has 0 aliphatic carbocycles. The third-order valence-electron chi connectivity index (χ3n) is 4.71. The van der Waals surface area contributed by atoms with Gasteiger partial charge in [0, 0.05) is 25.7 Å². The zero-order valence-electron chi connectivity index (χ0n) is 13.5. The van der Waals surface area contributed by atoms with Crippen LogP contribution in [0.4, 0.5) is 11.5 Å². The molecule has 2 atom stereocenters. The van der Waals surface area contributed by atoms with Gasteiger partial charge in [-0.05, 0) is 44.2 Å². The molecule has 3 heterocycles. The van der Waals surface area contributed by atoms with E-state index in [1.54, 1.807) is 12.3 Å². The normalized spacial score (nSPS) is 25.7. The number of anilines is 2. The Morgan fingerprint density at radius 1 is 1.26 bits per heavy atom. The van der Waals surface area contributed by atoms with Crippen molar-refractivity contribution in [3.8, 4) is 0 Å². The Kier molecular flexibility index (Phi) is 5.33. The highest BCUT2D eigenvalue weighted by atomic mass is 16.5. The van der Waals surface area contributed by atoms with Gasteiger partial charge in [0.25, 0.3) is 0 Å². The van der Waals surface area contributed by atoms with Crippen LogP contribution < -0.4 is 11.1 Å². The minimum atomic E-state index is 0.0644. The van der Waals surface area contributed by atoms with Gasteiger partial charge in [0.2, 0.25) is 5.91 Å². The highest BCUT2D eigenvalue weighted by Crippen LogP contribution is 2.21. The summed E-state index contributed by atoms with van der Waals surface area (Å²) in [7, 11) is 0. The fourth-order valence-corrected chi connectivity index (χ4v) is 3.38. The maximum atomic E-state index is 12.6. The number of hydrogen-bond donors (Lipinski definition) is 2. The van der Waals surface area contributed by atoms with Crippen molar-refractivity contribution in [3.63, 3.8) is 0 Å². The van der Waals surface area contributed by atoms with E-state index in [9.17, 15) is 4.79 Å². The zero-order chi connectivity index (χ0) is 16.1. The van der Waals surface area contributed by atoms with E-state index in [2.05, 4.69) is 10.3 Å². The second kappa shape index (κ2) is 7.64. The molecule has 23 heavy (non-hydrogen) atoms. The van der Waals surface area contributed by atoms with Crippen LogP contribution in [-0.2, 0) is 9.53 Å². The molecule has 126 valence electrons. The molecule has 6 nitrogen and oxygen atoms in total. The number of nitrogens with two attached hydrogens (primary N) is 1. The number of pyridine rings is 1. The third kappa shape index (κ3) is 4.34. The molecule has 3 rings (SSSR count). The van der Waals surface area contributed by atoms with E-state index >= 15 is 0 Å². The summed E-state index contributed by atoms with van der Waals surface area (Å²) in [5, 5.41) is 3.51. The van der Waals surface area contributed by atoms with E-state index in [1.807, 2.05) is 11.0 Å². The predicted molar refractivity (Wildman–Crippen MR) is 90.0 cm³/mol. The lowest BCUT2D eigenvalue weighted by atomic mass is 10.0. The summed E-state index contributed by atoms with van der Waals surface area (Å²) >= 11 is 0. The van der Waals surface area contributed by atoms with Gasteiger partial charge in [-0.2, -0.15) is 0 Å². The van der Waals surface area contributed by atoms with Crippen molar-refractivity contribution >= 4 is 17.4 Å². The Balaban J connectivity index is 1.52. The van der Waals surface area contributed by atoms with Crippen molar-refractivity contribution in [3.05, 3.63) is 18.3 Å². The summed E-state index contributed by atoms with van der Waals surface area (Å²) in [5.41, 5.74) is 6.60. The van der Waals surface area contributed by atoms with Crippen LogP contribution in [-0.4, -0.2) is 48.1 Å². The highest BCUT2D eigenvalue weighted by Gasteiger charge is 2.28. The number of carbonyl (C=O) groups is 1. The first-order chi connectivity index (χ1) is 11.2. The van der Waals surface area contributed by atoms with Crippen LogP contribution in [0.5, 0.6) is 0 Å². The van der Waals surface area contributed by atoms with Gasteiger partial charge < -0.3 is 20.7 Å². The first kappa shape index (κ1) is 16.1. The van der Waals surface area contributed by atoms with Gasteiger partial charge in [-0.15, -0.1) is 0 Å². The Bertz CT molecular complexity index is 514. The average Bonchev–Trinajstić information content (AvgIpc) is 2.83. The zero-order valence-corrected chi connectivity index (χ0v) is 13.5. The van der Waals surface area contributed by atoms with Crippen molar-refractivity contribution in [2.45, 2.75) is 38.1 Å². The summed E-state index contributed by atoms with van der Waals surface area (Å²) in [6.45, 7) is 3.06. The number of likely N-dealkylation sites (tertiary alicyclic amines) is 1. The van der Waals surface area contributed by atoms with Crippen molar-refractivity contribution < 1.29 is 9.53 Å². The van der Waals surface area contributed by atoms with Gasteiger partial charge in [-0.3, -0.25) is 4.79 Å². The van der Waals surface area contributed by atoms with Crippen molar-refractivity contribution in [2.24, 2.45) is 5.92 Å². The van der Waals surface area contributed by atoms with Gasteiger partial charge in [0.15, 0.2) is 0 Å². The number of rotatable bonds is 3. The monoisotopic (exact) mass is 318 g/mol. The smallest absolute Gasteiger partial charge is 0.228 e. The third-order valence-corrected chi connectivity index (χ3v) is 4.71. The summed E-state index contributed by atoms with van der Waals surface area (Å²) in [5.74, 6) is 0.872. The molecule has 1 aromatic heterocycles. The maximum absolute atomic E-state index is 12.6. The quantitative estimate of drug-likeness (QED) is 0.889. The lowest BCUT2D eigenvalue weighted by Crippen LogP contribution is -2.40. The predicted octanol–water partition coefficient (Wildman–Crippen LogP) is 1.88. The van der Waals surface area contributed by atoms with E-state index in [0.29, 0.717) is 18.5 Å². The number of ether oxygens (including phenoxy) is 1. The molecule has 2 fully saturated rings. The molecule has 6 heteroatoms.